The van der Waals surface area contributed by atoms with Gasteiger partial charge in [-0.2, -0.15) is 0 Å². The Labute approximate surface area is 90.8 Å². The molecule has 1 aromatic heterocycles. The minimum Gasteiger partial charge on any atom is -0.310 e. The van der Waals surface area contributed by atoms with Gasteiger partial charge in [0, 0.05) is 24.5 Å². The van der Waals surface area contributed by atoms with Crippen molar-refractivity contribution in [2.45, 2.75) is 33.1 Å². The van der Waals surface area contributed by atoms with Crippen molar-refractivity contribution < 1.29 is 0 Å². The maximum absolute atomic E-state index is 7.24. The van der Waals surface area contributed by atoms with Crippen LogP contribution in [0.3, 0.4) is 0 Å². The van der Waals surface area contributed by atoms with Crippen molar-refractivity contribution >= 4 is 17.7 Å². The summed E-state index contributed by atoms with van der Waals surface area (Å²) in [7, 11) is 0. The monoisotopic (exact) mass is 203 g/mol. The second-order valence-electron chi connectivity index (χ2n) is 3.90. The van der Waals surface area contributed by atoms with Gasteiger partial charge in [0.05, 0.1) is 0 Å². The van der Waals surface area contributed by atoms with Crippen molar-refractivity contribution in [3.05, 3.63) is 23.9 Å². The molecule has 3 nitrogen and oxygen atoms in total. The lowest BCUT2D eigenvalue weighted by Gasteiger charge is -2.03. The van der Waals surface area contributed by atoms with Gasteiger partial charge < -0.3 is 5.41 Å². The van der Waals surface area contributed by atoms with E-state index in [2.05, 4.69) is 23.8 Å². The number of hydrogen-bond donors (Lipinski definition) is 1. The summed E-state index contributed by atoms with van der Waals surface area (Å²) >= 11 is 0. The van der Waals surface area contributed by atoms with E-state index in [1.807, 2.05) is 18.3 Å². The van der Waals surface area contributed by atoms with Crippen LogP contribution in [0.25, 0.3) is 0 Å². The van der Waals surface area contributed by atoms with Crippen LogP contribution in [0.4, 0.5) is 5.82 Å². The van der Waals surface area contributed by atoms with E-state index in [4.69, 9.17) is 5.41 Å². The molecule has 0 aliphatic heterocycles. The van der Waals surface area contributed by atoms with E-state index in [1.165, 1.54) is 5.56 Å². The summed E-state index contributed by atoms with van der Waals surface area (Å²) in [6, 6.07) is 3.95. The molecular weight excluding hydrogens is 186 g/mol. The average molecular weight is 203 g/mol. The molecule has 0 bridgehead atoms. The Bertz CT molecular complexity index is 350. The molecule has 0 aromatic carbocycles. The Kier molecular flexibility index (Phi) is 4.16. The second kappa shape index (κ2) is 5.39. The minimum absolute atomic E-state index is 0.499. The molecule has 0 atom stereocenters. The molecule has 0 aliphatic rings. The molecule has 0 radical (unpaired) electrons. The Balaban J connectivity index is 2.64. The van der Waals surface area contributed by atoms with E-state index in [1.54, 1.807) is 13.1 Å². The summed E-state index contributed by atoms with van der Waals surface area (Å²) in [5.74, 6) is 1.21. The van der Waals surface area contributed by atoms with Crippen LogP contribution in [0.2, 0.25) is 0 Å². The predicted octanol–water partition coefficient (Wildman–Crippen LogP) is 3.34. The zero-order valence-electron chi connectivity index (χ0n) is 9.49. The van der Waals surface area contributed by atoms with Gasteiger partial charge in [-0.15, -0.1) is 0 Å². The molecule has 3 heteroatoms. The molecule has 0 fully saturated rings. The Hall–Kier alpha value is -1.51. The number of aliphatic imine (C=N–C) groups is 1. The summed E-state index contributed by atoms with van der Waals surface area (Å²) in [6.07, 6.45) is 4.17. The zero-order chi connectivity index (χ0) is 11.3. The van der Waals surface area contributed by atoms with Crippen molar-refractivity contribution in [2.75, 3.05) is 0 Å². The first-order chi connectivity index (χ1) is 7.09. The fourth-order valence-corrected chi connectivity index (χ4v) is 1.09. The van der Waals surface area contributed by atoms with Crippen LogP contribution in [0.5, 0.6) is 0 Å². The maximum Gasteiger partial charge on any atom is 0.151 e. The quantitative estimate of drug-likeness (QED) is 0.749. The lowest BCUT2D eigenvalue weighted by molar-refractivity contribution is 0.858. The second-order valence-corrected chi connectivity index (χ2v) is 3.90. The maximum atomic E-state index is 7.24. The molecule has 0 amide bonds. The topological polar surface area (TPSA) is 49.1 Å². The summed E-state index contributed by atoms with van der Waals surface area (Å²) in [5.41, 5.74) is 1.83. The standard InChI is InChI=1S/C12H17N3/c1-9(2)11-4-5-12(15-8-11)14-7-6-10(3)13/h4-5,7-9,13H,6H2,1-3H3. The molecule has 1 N–H and O–H groups in total. The predicted molar refractivity (Wildman–Crippen MR) is 64.5 cm³/mol. The molecule has 1 heterocycles. The largest absolute Gasteiger partial charge is 0.310 e. The molecule has 0 unspecified atom stereocenters. The fourth-order valence-electron chi connectivity index (χ4n) is 1.09. The number of rotatable bonds is 4. The van der Waals surface area contributed by atoms with Gasteiger partial charge in [0.25, 0.3) is 0 Å². The highest BCUT2D eigenvalue weighted by molar-refractivity contribution is 5.92. The van der Waals surface area contributed by atoms with Gasteiger partial charge in [-0.1, -0.05) is 19.9 Å². The number of nitrogens with zero attached hydrogens (tertiary/aromatic N) is 2. The third-order valence-corrected chi connectivity index (χ3v) is 2.06. The van der Waals surface area contributed by atoms with Crippen molar-refractivity contribution in [1.29, 1.82) is 5.41 Å². The van der Waals surface area contributed by atoms with Gasteiger partial charge in [0.2, 0.25) is 0 Å². The Morgan fingerprint density at radius 3 is 2.73 bits per heavy atom. The van der Waals surface area contributed by atoms with E-state index in [9.17, 15) is 0 Å². The molecule has 1 aromatic rings. The summed E-state index contributed by atoms with van der Waals surface area (Å²) in [4.78, 5) is 8.40. The van der Waals surface area contributed by atoms with E-state index in [0.717, 1.165) is 0 Å². The van der Waals surface area contributed by atoms with Crippen LogP contribution in [-0.4, -0.2) is 16.9 Å². The van der Waals surface area contributed by atoms with Gasteiger partial charge in [0.1, 0.15) is 0 Å². The van der Waals surface area contributed by atoms with Crippen molar-refractivity contribution in [1.82, 2.24) is 4.98 Å². The molecule has 0 saturated carbocycles. The normalized spacial score (nSPS) is 11.2. The van der Waals surface area contributed by atoms with Crippen LogP contribution in [0, 0.1) is 5.41 Å². The number of hydrogen-bond acceptors (Lipinski definition) is 3. The fraction of sp³-hybridized carbons (Fsp3) is 0.417. The minimum atomic E-state index is 0.499. The van der Waals surface area contributed by atoms with Gasteiger partial charge in [-0.05, 0) is 24.5 Å². The summed E-state index contributed by atoms with van der Waals surface area (Å²) < 4.78 is 0. The van der Waals surface area contributed by atoms with Gasteiger partial charge in [-0.3, -0.25) is 0 Å². The van der Waals surface area contributed by atoms with Gasteiger partial charge in [0.15, 0.2) is 5.82 Å². The number of nitrogens with one attached hydrogen (secondary N) is 1. The SMILES string of the molecule is CC(=N)CC=Nc1ccc(C(C)C)cn1. The van der Waals surface area contributed by atoms with Crippen LogP contribution >= 0.6 is 0 Å². The number of aromatic nitrogens is 1. The van der Waals surface area contributed by atoms with Crippen LogP contribution in [0.1, 0.15) is 38.7 Å². The molecule has 0 saturated heterocycles. The summed E-state index contributed by atoms with van der Waals surface area (Å²) in [5, 5.41) is 7.24. The van der Waals surface area contributed by atoms with Gasteiger partial charge >= 0.3 is 0 Å². The molecule has 0 spiro atoms. The smallest absolute Gasteiger partial charge is 0.151 e. The first-order valence-electron chi connectivity index (χ1n) is 5.12. The van der Waals surface area contributed by atoms with Crippen LogP contribution < -0.4 is 0 Å². The Morgan fingerprint density at radius 2 is 2.27 bits per heavy atom. The third kappa shape index (κ3) is 4.02. The summed E-state index contributed by atoms with van der Waals surface area (Å²) in [6.45, 7) is 6.04. The van der Waals surface area contributed by atoms with Crippen molar-refractivity contribution in [2.24, 2.45) is 4.99 Å². The molecule has 15 heavy (non-hydrogen) atoms. The molecular formula is C12H17N3. The third-order valence-electron chi connectivity index (χ3n) is 2.06. The van der Waals surface area contributed by atoms with Crippen molar-refractivity contribution in [3.63, 3.8) is 0 Å². The Morgan fingerprint density at radius 1 is 1.53 bits per heavy atom. The zero-order valence-corrected chi connectivity index (χ0v) is 9.49. The molecule has 80 valence electrons. The highest BCUT2D eigenvalue weighted by Gasteiger charge is 1.98. The van der Waals surface area contributed by atoms with E-state index >= 15 is 0 Å². The van der Waals surface area contributed by atoms with Crippen LogP contribution in [-0.2, 0) is 0 Å². The first kappa shape index (κ1) is 11.6. The van der Waals surface area contributed by atoms with E-state index in [-0.39, 0.29) is 0 Å². The van der Waals surface area contributed by atoms with Gasteiger partial charge in [-0.25, -0.2) is 9.98 Å². The molecule has 0 aliphatic carbocycles. The van der Waals surface area contributed by atoms with Crippen LogP contribution in [0.15, 0.2) is 23.3 Å². The lowest BCUT2D eigenvalue weighted by Crippen LogP contribution is -1.89. The van der Waals surface area contributed by atoms with E-state index < -0.39 is 0 Å². The highest BCUT2D eigenvalue weighted by atomic mass is 14.9. The highest BCUT2D eigenvalue weighted by Crippen LogP contribution is 2.15. The van der Waals surface area contributed by atoms with Crippen molar-refractivity contribution in [3.8, 4) is 0 Å². The first-order valence-corrected chi connectivity index (χ1v) is 5.12. The van der Waals surface area contributed by atoms with E-state index in [0.29, 0.717) is 23.9 Å². The number of pyridine rings is 1. The average Bonchev–Trinajstić information content (AvgIpc) is 2.18. The lowest BCUT2D eigenvalue weighted by atomic mass is 10.1. The molecule has 1 rings (SSSR count).